The lowest BCUT2D eigenvalue weighted by Crippen LogP contribution is -2.37. The van der Waals surface area contributed by atoms with Crippen LogP contribution < -0.4 is 9.46 Å². The normalized spacial score (nSPS) is 12.4. The molecule has 1 heterocycles. The van der Waals surface area contributed by atoms with Crippen LogP contribution in [0.25, 0.3) is 10.9 Å². The maximum Gasteiger partial charge on any atom is 0.241 e. The molecule has 0 aliphatic rings. The number of sulfonamides is 1. The molecule has 0 bridgehead atoms. The lowest BCUT2D eigenvalue weighted by atomic mass is 10.2. The van der Waals surface area contributed by atoms with Gasteiger partial charge in [0.2, 0.25) is 10.0 Å². The summed E-state index contributed by atoms with van der Waals surface area (Å²) >= 11 is 0. The van der Waals surface area contributed by atoms with Gasteiger partial charge >= 0.3 is 0 Å². The predicted octanol–water partition coefficient (Wildman–Crippen LogP) is 4.23. The summed E-state index contributed by atoms with van der Waals surface area (Å²) in [5, 5.41) is 0.902. The van der Waals surface area contributed by atoms with Crippen LogP contribution in [-0.2, 0) is 10.0 Å². The fourth-order valence-corrected chi connectivity index (χ4v) is 4.33. The molecule has 0 fully saturated rings. The lowest BCUT2D eigenvalue weighted by molar-refractivity contribution is 0.290. The minimum absolute atomic E-state index is 0. The van der Waals surface area contributed by atoms with Gasteiger partial charge in [0.05, 0.1) is 16.5 Å². The first-order valence-corrected chi connectivity index (χ1v) is 9.91. The fourth-order valence-electron chi connectivity index (χ4n) is 2.77. The van der Waals surface area contributed by atoms with Crippen molar-refractivity contribution in [2.24, 2.45) is 0 Å². The Balaban J connectivity index is 0.00000261. The Labute approximate surface area is 161 Å². The zero-order valence-electron chi connectivity index (χ0n) is 15.1. The molecule has 6 heteroatoms. The van der Waals surface area contributed by atoms with Gasteiger partial charge in [-0.3, -0.25) is 4.98 Å². The first-order valence-electron chi connectivity index (χ1n) is 8.43. The van der Waals surface area contributed by atoms with Crippen LogP contribution in [0.3, 0.4) is 0 Å². The Morgan fingerprint density at radius 2 is 1.89 bits per heavy atom. The summed E-state index contributed by atoms with van der Waals surface area (Å²) in [5.41, 5.74) is 2.47. The van der Waals surface area contributed by atoms with Gasteiger partial charge in [-0.2, -0.15) is 0 Å². The van der Waals surface area contributed by atoms with Gasteiger partial charge in [0.15, 0.2) is 0 Å². The molecule has 1 aromatic heterocycles. The molecule has 3 aromatic rings. The summed E-state index contributed by atoms with van der Waals surface area (Å²) in [7, 11) is -3.60. The lowest BCUT2D eigenvalue weighted by Gasteiger charge is -2.17. The van der Waals surface area contributed by atoms with Crippen molar-refractivity contribution in [3.8, 4) is 5.75 Å². The van der Waals surface area contributed by atoms with Gasteiger partial charge in [0.25, 0.3) is 0 Å². The number of hydrogen-bond acceptors (Lipinski definition) is 4. The molecule has 0 radical (unpaired) electrons. The van der Waals surface area contributed by atoms with E-state index in [9.17, 15) is 8.42 Å². The van der Waals surface area contributed by atoms with Crippen molar-refractivity contribution in [1.29, 1.82) is 0 Å². The second kappa shape index (κ2) is 8.50. The average molecular weight is 387 g/mol. The van der Waals surface area contributed by atoms with Crippen molar-refractivity contribution in [3.63, 3.8) is 0 Å². The Kier molecular flexibility index (Phi) is 6.57. The fraction of sp³-hybridized carbons (Fsp3) is 0.286. The molecule has 0 spiro atoms. The van der Waals surface area contributed by atoms with E-state index in [0.717, 1.165) is 22.0 Å². The number of nitrogens with zero attached hydrogens (tertiary/aromatic N) is 1. The van der Waals surface area contributed by atoms with Crippen molar-refractivity contribution in [3.05, 3.63) is 65.9 Å². The molecule has 0 saturated heterocycles. The van der Waals surface area contributed by atoms with Crippen LogP contribution in [0, 0.1) is 13.8 Å². The summed E-state index contributed by atoms with van der Waals surface area (Å²) in [6, 6.07) is 14.4. The highest BCUT2D eigenvalue weighted by Crippen LogP contribution is 2.24. The van der Waals surface area contributed by atoms with Crippen LogP contribution in [0.4, 0.5) is 0 Å². The highest BCUT2D eigenvalue weighted by Gasteiger charge is 2.20. The molecule has 0 aliphatic carbocycles. The molecule has 0 amide bonds. The van der Waals surface area contributed by atoms with Crippen molar-refractivity contribution in [2.75, 3.05) is 6.61 Å². The van der Waals surface area contributed by atoms with E-state index in [2.05, 4.69) is 9.71 Å². The third kappa shape index (κ3) is 4.84. The number of nitrogens with one attached hydrogen (secondary N) is 1. The molecule has 0 unspecified atom stereocenters. The van der Waals surface area contributed by atoms with Crippen molar-refractivity contribution in [1.82, 2.24) is 9.71 Å². The van der Waals surface area contributed by atoms with Crippen LogP contribution >= 0.6 is 0 Å². The highest BCUT2D eigenvalue weighted by atomic mass is 32.2. The molecule has 0 aliphatic heterocycles. The molecule has 27 heavy (non-hydrogen) atoms. The predicted molar refractivity (Wildman–Crippen MR) is 110 cm³/mol. The summed E-state index contributed by atoms with van der Waals surface area (Å²) in [5.74, 6) is 0.688. The molecule has 3 rings (SSSR count). The minimum atomic E-state index is -3.60. The number of aryl methyl sites for hydroxylation is 2. The summed E-state index contributed by atoms with van der Waals surface area (Å²) in [6.07, 6.45) is 1.73. The standard InChI is InChI=1S/C20H22N2O3S.CH4/c1-14-9-10-15(2)20(12-14)26(23,24)22-16(3)13-25-19-8-4-7-18-17(19)6-5-11-21-18;/h4-12,16,22H,13H2,1-3H3;1H4/t16-;/m0./s1. The molecule has 1 N–H and O–H groups in total. The number of rotatable bonds is 6. The number of benzene rings is 2. The monoisotopic (exact) mass is 386 g/mol. The molecular weight excluding hydrogens is 360 g/mol. The number of aromatic nitrogens is 1. The first kappa shape index (κ1) is 20.9. The Morgan fingerprint density at radius 3 is 2.67 bits per heavy atom. The number of ether oxygens (including phenoxy) is 1. The van der Waals surface area contributed by atoms with E-state index in [1.54, 1.807) is 26.1 Å². The Bertz CT molecular complexity index is 1030. The van der Waals surface area contributed by atoms with Crippen LogP contribution in [0.2, 0.25) is 0 Å². The van der Waals surface area contributed by atoms with E-state index >= 15 is 0 Å². The maximum atomic E-state index is 12.7. The van der Waals surface area contributed by atoms with Crippen LogP contribution in [0.5, 0.6) is 5.75 Å². The smallest absolute Gasteiger partial charge is 0.241 e. The van der Waals surface area contributed by atoms with Crippen molar-refractivity contribution >= 4 is 20.9 Å². The summed E-state index contributed by atoms with van der Waals surface area (Å²) < 4.78 is 33.9. The largest absolute Gasteiger partial charge is 0.491 e. The van der Waals surface area contributed by atoms with Gasteiger partial charge < -0.3 is 4.74 Å². The van der Waals surface area contributed by atoms with Gasteiger partial charge in [-0.1, -0.05) is 25.6 Å². The molecule has 5 nitrogen and oxygen atoms in total. The molecule has 1 atom stereocenters. The van der Waals surface area contributed by atoms with Crippen molar-refractivity contribution < 1.29 is 13.2 Å². The van der Waals surface area contributed by atoms with Gasteiger partial charge in [0.1, 0.15) is 12.4 Å². The number of pyridine rings is 1. The summed E-state index contributed by atoms with van der Waals surface area (Å²) in [6.45, 7) is 5.67. The van der Waals surface area contributed by atoms with Gasteiger partial charge in [-0.25, -0.2) is 13.1 Å². The second-order valence-electron chi connectivity index (χ2n) is 6.43. The Morgan fingerprint density at radius 1 is 1.11 bits per heavy atom. The minimum Gasteiger partial charge on any atom is -0.491 e. The maximum absolute atomic E-state index is 12.7. The SMILES string of the molecule is C.Cc1ccc(C)c(S(=O)(=O)N[C@@H](C)COc2cccc3ncccc23)c1. The van der Waals surface area contributed by atoms with Crippen LogP contribution in [0.1, 0.15) is 25.5 Å². The average Bonchev–Trinajstić information content (AvgIpc) is 2.61. The second-order valence-corrected chi connectivity index (χ2v) is 8.11. The molecule has 144 valence electrons. The van der Waals surface area contributed by atoms with E-state index in [1.165, 1.54) is 0 Å². The van der Waals surface area contributed by atoms with Gasteiger partial charge in [-0.15, -0.1) is 0 Å². The Hall–Kier alpha value is -2.44. The summed E-state index contributed by atoms with van der Waals surface area (Å²) in [4.78, 5) is 4.60. The molecule has 0 saturated carbocycles. The van der Waals surface area contributed by atoms with E-state index in [4.69, 9.17) is 4.74 Å². The van der Waals surface area contributed by atoms with Gasteiger partial charge in [0, 0.05) is 11.6 Å². The van der Waals surface area contributed by atoms with E-state index < -0.39 is 10.0 Å². The van der Waals surface area contributed by atoms with Crippen molar-refractivity contribution in [2.45, 2.75) is 39.1 Å². The van der Waals surface area contributed by atoms with E-state index in [1.807, 2.05) is 49.4 Å². The van der Waals surface area contributed by atoms with E-state index in [0.29, 0.717) is 10.6 Å². The number of hydrogen-bond donors (Lipinski definition) is 1. The topological polar surface area (TPSA) is 68.3 Å². The highest BCUT2D eigenvalue weighted by molar-refractivity contribution is 7.89. The zero-order chi connectivity index (χ0) is 18.7. The van der Waals surface area contributed by atoms with Crippen LogP contribution in [0.15, 0.2) is 59.6 Å². The van der Waals surface area contributed by atoms with Gasteiger partial charge in [-0.05, 0) is 62.2 Å². The number of fused-ring (bicyclic) bond motifs is 1. The zero-order valence-corrected chi connectivity index (χ0v) is 15.9. The molecule has 2 aromatic carbocycles. The first-order chi connectivity index (χ1) is 12.4. The van der Waals surface area contributed by atoms with Crippen LogP contribution in [-0.4, -0.2) is 26.1 Å². The quantitative estimate of drug-likeness (QED) is 0.688. The third-order valence-corrected chi connectivity index (χ3v) is 5.82. The van der Waals surface area contributed by atoms with E-state index in [-0.39, 0.29) is 20.1 Å². The molecular formula is C21H26N2O3S. The third-order valence-electron chi connectivity index (χ3n) is 4.08.